The lowest BCUT2D eigenvalue weighted by Gasteiger charge is -2.11. The summed E-state index contributed by atoms with van der Waals surface area (Å²) in [6.07, 6.45) is 0.372. The highest BCUT2D eigenvalue weighted by atomic mass is 28.3. The van der Waals surface area contributed by atoms with Crippen LogP contribution in [-0.2, 0) is 0 Å². The first kappa shape index (κ1) is 12.7. The molecule has 0 aliphatic rings. The van der Waals surface area contributed by atoms with Gasteiger partial charge in [0.2, 0.25) is 0 Å². The molecule has 0 aromatic heterocycles. The van der Waals surface area contributed by atoms with Crippen molar-refractivity contribution >= 4 is 8.07 Å². The molecule has 76 valence electrons. The summed E-state index contributed by atoms with van der Waals surface area (Å²) < 4.78 is 0. The van der Waals surface area contributed by atoms with Crippen molar-refractivity contribution in [3.8, 4) is 11.8 Å². The van der Waals surface area contributed by atoms with Gasteiger partial charge in [-0.2, -0.15) is 0 Å². The molecule has 0 fully saturated rings. The summed E-state index contributed by atoms with van der Waals surface area (Å²) in [4.78, 5) is 0. The summed E-state index contributed by atoms with van der Waals surface area (Å²) in [6, 6.07) is 1.04. The van der Waals surface area contributed by atoms with Gasteiger partial charge in [-0.15, -0.1) is 11.8 Å². The molecule has 1 unspecified atom stereocenters. The van der Waals surface area contributed by atoms with Crippen LogP contribution in [-0.4, -0.2) is 19.3 Å². The largest absolute Gasteiger partial charge is 0.392 e. The second-order valence-corrected chi connectivity index (χ2v) is 10.6. The molecule has 0 aliphatic heterocycles. The Hall–Kier alpha value is -0.263. The third kappa shape index (κ3) is 8.08. The fourth-order valence-corrected chi connectivity index (χ4v) is 1.40. The summed E-state index contributed by atoms with van der Waals surface area (Å²) >= 11 is 0. The summed E-state index contributed by atoms with van der Waals surface area (Å²) in [5, 5.41) is 9.46. The summed E-state index contributed by atoms with van der Waals surface area (Å²) in [7, 11) is -1.01. The molecule has 0 saturated heterocycles. The molecule has 0 radical (unpaired) electrons. The Morgan fingerprint density at radius 3 is 2.08 bits per heavy atom. The van der Waals surface area contributed by atoms with E-state index in [1.165, 1.54) is 0 Å². The molecule has 0 spiro atoms. The Kier molecular flexibility index (Phi) is 5.35. The molecule has 0 aliphatic carbocycles. The van der Waals surface area contributed by atoms with E-state index in [0.717, 1.165) is 6.04 Å². The van der Waals surface area contributed by atoms with E-state index in [-0.39, 0.29) is 6.10 Å². The molecule has 1 nitrogen and oxygen atoms in total. The average molecular weight is 198 g/mol. The van der Waals surface area contributed by atoms with E-state index in [1.807, 2.05) is 13.8 Å². The zero-order chi connectivity index (χ0) is 10.5. The number of hydrogen-bond acceptors (Lipinski definition) is 1. The zero-order valence-electron chi connectivity index (χ0n) is 9.52. The predicted molar refractivity (Wildman–Crippen MR) is 61.4 cm³/mol. The molecular weight excluding hydrogens is 176 g/mol. The maximum atomic E-state index is 9.46. The summed E-state index contributed by atoms with van der Waals surface area (Å²) in [5.74, 6) is 6.54. The van der Waals surface area contributed by atoms with Gasteiger partial charge in [-0.05, 0) is 5.92 Å². The second kappa shape index (κ2) is 5.46. The fourth-order valence-electron chi connectivity index (χ4n) is 0.740. The molecule has 1 atom stereocenters. The molecular formula is C11H22OSi. The molecule has 0 rings (SSSR count). The van der Waals surface area contributed by atoms with E-state index < -0.39 is 8.07 Å². The van der Waals surface area contributed by atoms with E-state index in [1.54, 1.807) is 0 Å². The Morgan fingerprint density at radius 2 is 1.69 bits per heavy atom. The summed E-state index contributed by atoms with van der Waals surface area (Å²) in [6.45, 7) is 11.0. The third-order valence-electron chi connectivity index (χ3n) is 1.82. The van der Waals surface area contributed by atoms with Gasteiger partial charge < -0.3 is 5.11 Å². The molecule has 0 heterocycles. The fraction of sp³-hybridized carbons (Fsp3) is 0.818. The molecule has 0 aromatic carbocycles. The maximum Gasteiger partial charge on any atom is 0.0672 e. The normalized spacial score (nSPS) is 13.8. The topological polar surface area (TPSA) is 20.2 Å². The molecule has 13 heavy (non-hydrogen) atoms. The van der Waals surface area contributed by atoms with E-state index in [4.69, 9.17) is 0 Å². The SMILES string of the molecule is CC(C)C(O)CC#CC[Si](C)(C)C. The zero-order valence-corrected chi connectivity index (χ0v) is 10.5. The van der Waals surface area contributed by atoms with Crippen LogP contribution in [0.3, 0.4) is 0 Å². The Bertz CT molecular complexity index is 192. The molecule has 1 N–H and O–H groups in total. The minimum Gasteiger partial charge on any atom is -0.392 e. The van der Waals surface area contributed by atoms with Crippen molar-refractivity contribution in [3.05, 3.63) is 0 Å². The highest BCUT2D eigenvalue weighted by Crippen LogP contribution is 2.07. The maximum absolute atomic E-state index is 9.46. The van der Waals surface area contributed by atoms with E-state index in [2.05, 4.69) is 31.5 Å². The summed E-state index contributed by atoms with van der Waals surface area (Å²) in [5.41, 5.74) is 0. The van der Waals surface area contributed by atoms with Crippen molar-refractivity contribution in [2.45, 2.75) is 52.1 Å². The lowest BCUT2D eigenvalue weighted by molar-refractivity contribution is 0.130. The molecule has 0 saturated carbocycles. The minimum absolute atomic E-state index is 0.255. The molecule has 0 bridgehead atoms. The van der Waals surface area contributed by atoms with Crippen LogP contribution in [0, 0.1) is 17.8 Å². The smallest absolute Gasteiger partial charge is 0.0672 e. The van der Waals surface area contributed by atoms with Crippen LogP contribution in [0.1, 0.15) is 20.3 Å². The Balaban J connectivity index is 3.75. The lowest BCUT2D eigenvalue weighted by Crippen LogP contribution is -2.18. The third-order valence-corrected chi connectivity index (χ3v) is 3.06. The monoisotopic (exact) mass is 198 g/mol. The van der Waals surface area contributed by atoms with Crippen molar-refractivity contribution in [1.29, 1.82) is 0 Å². The highest BCUT2D eigenvalue weighted by molar-refractivity contribution is 6.76. The molecule has 0 amide bonds. The highest BCUT2D eigenvalue weighted by Gasteiger charge is 2.10. The van der Waals surface area contributed by atoms with Crippen LogP contribution in [0.15, 0.2) is 0 Å². The first-order valence-electron chi connectivity index (χ1n) is 4.97. The van der Waals surface area contributed by atoms with Gasteiger partial charge in [-0.1, -0.05) is 33.5 Å². The van der Waals surface area contributed by atoms with Crippen LogP contribution >= 0.6 is 0 Å². The van der Waals surface area contributed by atoms with Gasteiger partial charge in [0.1, 0.15) is 0 Å². The van der Waals surface area contributed by atoms with Crippen molar-refractivity contribution in [3.63, 3.8) is 0 Å². The van der Waals surface area contributed by atoms with E-state index >= 15 is 0 Å². The number of hydrogen-bond donors (Lipinski definition) is 1. The van der Waals surface area contributed by atoms with Gasteiger partial charge in [0.05, 0.1) is 14.2 Å². The number of rotatable bonds is 3. The van der Waals surface area contributed by atoms with Gasteiger partial charge in [0.15, 0.2) is 0 Å². The first-order chi connectivity index (χ1) is 5.83. The van der Waals surface area contributed by atoms with Gasteiger partial charge in [-0.25, -0.2) is 0 Å². The van der Waals surface area contributed by atoms with Gasteiger partial charge in [-0.3, -0.25) is 0 Å². The Labute approximate surface area is 83.6 Å². The van der Waals surface area contributed by atoms with Crippen LogP contribution in [0.2, 0.25) is 25.7 Å². The van der Waals surface area contributed by atoms with Crippen LogP contribution in [0.5, 0.6) is 0 Å². The van der Waals surface area contributed by atoms with Gasteiger partial charge in [0.25, 0.3) is 0 Å². The lowest BCUT2D eigenvalue weighted by atomic mass is 10.1. The Morgan fingerprint density at radius 1 is 1.15 bits per heavy atom. The van der Waals surface area contributed by atoms with Crippen LogP contribution < -0.4 is 0 Å². The van der Waals surface area contributed by atoms with E-state index in [0.29, 0.717) is 12.3 Å². The van der Waals surface area contributed by atoms with E-state index in [9.17, 15) is 5.11 Å². The predicted octanol–water partition coefficient (Wildman–Crippen LogP) is 2.74. The van der Waals surface area contributed by atoms with Crippen molar-refractivity contribution in [1.82, 2.24) is 0 Å². The second-order valence-electron chi connectivity index (χ2n) is 5.11. The number of aliphatic hydroxyl groups excluding tert-OH is 1. The average Bonchev–Trinajstić information content (AvgIpc) is 1.95. The van der Waals surface area contributed by atoms with Crippen molar-refractivity contribution in [2.75, 3.05) is 0 Å². The molecule has 2 heteroatoms. The minimum atomic E-state index is -1.01. The first-order valence-corrected chi connectivity index (χ1v) is 8.67. The van der Waals surface area contributed by atoms with Gasteiger partial charge >= 0.3 is 0 Å². The van der Waals surface area contributed by atoms with Crippen LogP contribution in [0.4, 0.5) is 0 Å². The van der Waals surface area contributed by atoms with Crippen molar-refractivity contribution in [2.24, 2.45) is 5.92 Å². The van der Waals surface area contributed by atoms with Crippen molar-refractivity contribution < 1.29 is 5.11 Å². The number of aliphatic hydroxyl groups is 1. The quantitative estimate of drug-likeness (QED) is 0.546. The molecule has 0 aromatic rings. The van der Waals surface area contributed by atoms with Crippen LogP contribution in [0.25, 0.3) is 0 Å². The standard InChI is InChI=1S/C11H22OSi/c1-10(2)11(12)8-6-7-9-13(3,4)5/h10-12H,8-9H2,1-5H3. The van der Waals surface area contributed by atoms with Gasteiger partial charge in [0, 0.05) is 12.5 Å².